The molecule has 1 aromatic heterocycles. The number of benzene rings is 2. The molecule has 27 heavy (non-hydrogen) atoms. The van der Waals surface area contributed by atoms with E-state index in [-0.39, 0.29) is 6.42 Å². The molecule has 3 aromatic rings. The van der Waals surface area contributed by atoms with Gasteiger partial charge in [-0.2, -0.15) is 0 Å². The SMILES string of the molecule is CCOc1ccc(-n2c(SCCC(=O)NC(N)=O)nc3ccccc32)cc1. The van der Waals surface area contributed by atoms with E-state index in [9.17, 15) is 9.59 Å². The summed E-state index contributed by atoms with van der Waals surface area (Å²) in [7, 11) is 0. The Hall–Kier alpha value is -3.00. The molecular formula is C19H20N4O3S. The number of imidazole rings is 1. The lowest BCUT2D eigenvalue weighted by molar-refractivity contribution is -0.119. The molecule has 0 saturated heterocycles. The minimum atomic E-state index is -0.841. The topological polar surface area (TPSA) is 99.2 Å². The van der Waals surface area contributed by atoms with Crippen molar-refractivity contribution in [3.63, 3.8) is 0 Å². The predicted molar refractivity (Wildman–Crippen MR) is 105 cm³/mol. The van der Waals surface area contributed by atoms with E-state index in [0.717, 1.165) is 27.6 Å². The van der Waals surface area contributed by atoms with Crippen molar-refractivity contribution in [1.82, 2.24) is 14.9 Å². The van der Waals surface area contributed by atoms with Gasteiger partial charge >= 0.3 is 6.03 Å². The molecule has 0 atom stereocenters. The van der Waals surface area contributed by atoms with E-state index in [1.165, 1.54) is 11.8 Å². The number of ether oxygens (including phenoxy) is 1. The Morgan fingerprint density at radius 1 is 1.19 bits per heavy atom. The summed E-state index contributed by atoms with van der Waals surface area (Å²) in [4.78, 5) is 27.0. The van der Waals surface area contributed by atoms with Gasteiger partial charge in [-0.05, 0) is 43.3 Å². The smallest absolute Gasteiger partial charge is 0.318 e. The molecule has 0 aliphatic heterocycles. The van der Waals surface area contributed by atoms with Gasteiger partial charge in [0.05, 0.1) is 17.6 Å². The zero-order valence-electron chi connectivity index (χ0n) is 14.8. The lowest BCUT2D eigenvalue weighted by Crippen LogP contribution is -2.35. The number of carbonyl (C=O) groups is 2. The third kappa shape index (κ3) is 4.59. The fourth-order valence-corrected chi connectivity index (χ4v) is 3.61. The number of hydrogen-bond donors (Lipinski definition) is 2. The molecule has 0 aliphatic carbocycles. The van der Waals surface area contributed by atoms with Crippen molar-refractivity contribution in [1.29, 1.82) is 0 Å². The Labute approximate surface area is 160 Å². The monoisotopic (exact) mass is 384 g/mol. The van der Waals surface area contributed by atoms with E-state index in [1.54, 1.807) is 0 Å². The Balaban J connectivity index is 1.85. The number of nitrogens with one attached hydrogen (secondary N) is 1. The van der Waals surface area contributed by atoms with Gasteiger partial charge in [-0.15, -0.1) is 0 Å². The maximum atomic E-state index is 11.6. The number of primary amides is 1. The van der Waals surface area contributed by atoms with E-state index in [2.05, 4.69) is 10.3 Å². The fourth-order valence-electron chi connectivity index (χ4n) is 2.64. The van der Waals surface area contributed by atoms with E-state index in [4.69, 9.17) is 10.5 Å². The van der Waals surface area contributed by atoms with Gasteiger partial charge < -0.3 is 10.5 Å². The Morgan fingerprint density at radius 3 is 2.63 bits per heavy atom. The number of fused-ring (bicyclic) bond motifs is 1. The summed E-state index contributed by atoms with van der Waals surface area (Å²) < 4.78 is 7.55. The molecule has 0 bridgehead atoms. The molecule has 7 nitrogen and oxygen atoms in total. The van der Waals surface area contributed by atoms with Gasteiger partial charge in [-0.3, -0.25) is 14.7 Å². The van der Waals surface area contributed by atoms with Crippen LogP contribution in [0, 0.1) is 0 Å². The molecule has 0 unspecified atom stereocenters. The summed E-state index contributed by atoms with van der Waals surface area (Å²) in [5.41, 5.74) is 7.76. The molecule has 0 radical (unpaired) electrons. The minimum Gasteiger partial charge on any atom is -0.494 e. The Morgan fingerprint density at radius 2 is 1.93 bits per heavy atom. The molecule has 3 N–H and O–H groups in total. The van der Waals surface area contributed by atoms with Gasteiger partial charge in [0.25, 0.3) is 0 Å². The standard InChI is InChI=1S/C19H20N4O3S/c1-2-26-14-9-7-13(8-10-14)23-16-6-4-3-5-15(16)21-19(23)27-12-11-17(24)22-18(20)25/h3-10H,2,11-12H2,1H3,(H3,20,22,24,25). The summed E-state index contributed by atoms with van der Waals surface area (Å²) >= 11 is 1.45. The van der Waals surface area contributed by atoms with Crippen LogP contribution in [-0.2, 0) is 4.79 Å². The number of nitrogens with two attached hydrogens (primary N) is 1. The highest BCUT2D eigenvalue weighted by Crippen LogP contribution is 2.29. The first-order chi connectivity index (χ1) is 13.1. The summed E-state index contributed by atoms with van der Waals surface area (Å²) in [5.74, 6) is 0.876. The van der Waals surface area contributed by atoms with Gasteiger partial charge in [0.2, 0.25) is 5.91 Å². The number of amides is 3. The number of rotatable bonds is 7. The highest BCUT2D eigenvalue weighted by atomic mass is 32.2. The molecule has 3 amide bonds. The van der Waals surface area contributed by atoms with Crippen molar-refractivity contribution in [3.8, 4) is 11.4 Å². The Kier molecular flexibility index (Phi) is 5.97. The number of thioether (sulfide) groups is 1. The van der Waals surface area contributed by atoms with Crippen LogP contribution in [0.1, 0.15) is 13.3 Å². The van der Waals surface area contributed by atoms with Gasteiger partial charge in [-0.25, -0.2) is 9.78 Å². The fraction of sp³-hybridized carbons (Fsp3) is 0.211. The average molecular weight is 384 g/mol. The molecule has 0 saturated carbocycles. The van der Waals surface area contributed by atoms with Crippen molar-refractivity contribution in [2.45, 2.75) is 18.5 Å². The van der Waals surface area contributed by atoms with E-state index < -0.39 is 11.9 Å². The highest BCUT2D eigenvalue weighted by Gasteiger charge is 2.14. The molecule has 1 heterocycles. The van der Waals surface area contributed by atoms with Crippen molar-refractivity contribution in [3.05, 3.63) is 48.5 Å². The van der Waals surface area contributed by atoms with E-state index in [0.29, 0.717) is 12.4 Å². The van der Waals surface area contributed by atoms with Crippen molar-refractivity contribution in [2.75, 3.05) is 12.4 Å². The Bertz CT molecular complexity index is 953. The summed E-state index contributed by atoms with van der Waals surface area (Å²) in [6, 6.07) is 14.8. The van der Waals surface area contributed by atoms with Crippen LogP contribution < -0.4 is 15.8 Å². The normalized spacial score (nSPS) is 10.7. The molecule has 140 valence electrons. The third-order valence-corrected chi connectivity index (χ3v) is 4.70. The summed E-state index contributed by atoms with van der Waals surface area (Å²) in [5, 5.41) is 2.84. The van der Waals surface area contributed by atoms with Gasteiger partial charge in [-0.1, -0.05) is 23.9 Å². The summed E-state index contributed by atoms with van der Waals surface area (Å²) in [6.45, 7) is 2.56. The number of imide groups is 1. The number of urea groups is 1. The second-order valence-corrected chi connectivity index (χ2v) is 6.72. The maximum absolute atomic E-state index is 11.6. The predicted octanol–water partition coefficient (Wildman–Crippen LogP) is 3.10. The van der Waals surface area contributed by atoms with Gasteiger partial charge in [0, 0.05) is 17.9 Å². The van der Waals surface area contributed by atoms with Crippen LogP contribution in [0.3, 0.4) is 0 Å². The molecule has 2 aromatic carbocycles. The van der Waals surface area contributed by atoms with Crippen LogP contribution in [0.25, 0.3) is 16.7 Å². The average Bonchev–Trinajstić information content (AvgIpc) is 3.00. The van der Waals surface area contributed by atoms with Crippen molar-refractivity contribution < 1.29 is 14.3 Å². The van der Waals surface area contributed by atoms with Crippen LogP contribution in [0.4, 0.5) is 4.79 Å². The van der Waals surface area contributed by atoms with Gasteiger partial charge in [0.1, 0.15) is 5.75 Å². The second kappa shape index (κ2) is 8.59. The number of carbonyl (C=O) groups excluding carboxylic acids is 2. The zero-order valence-corrected chi connectivity index (χ0v) is 15.7. The molecule has 0 spiro atoms. The van der Waals surface area contributed by atoms with E-state index in [1.807, 2.05) is 60.0 Å². The number of para-hydroxylation sites is 2. The number of nitrogens with zero attached hydrogens (tertiary/aromatic N) is 2. The largest absolute Gasteiger partial charge is 0.494 e. The van der Waals surface area contributed by atoms with Crippen LogP contribution >= 0.6 is 11.8 Å². The quantitative estimate of drug-likeness (QED) is 0.610. The van der Waals surface area contributed by atoms with Crippen molar-refractivity contribution >= 4 is 34.7 Å². The highest BCUT2D eigenvalue weighted by molar-refractivity contribution is 7.99. The van der Waals surface area contributed by atoms with E-state index >= 15 is 0 Å². The maximum Gasteiger partial charge on any atom is 0.318 e. The number of aromatic nitrogens is 2. The van der Waals surface area contributed by atoms with Crippen LogP contribution in [0.2, 0.25) is 0 Å². The minimum absolute atomic E-state index is 0.167. The lowest BCUT2D eigenvalue weighted by atomic mass is 10.2. The van der Waals surface area contributed by atoms with Crippen LogP contribution in [0.5, 0.6) is 5.75 Å². The van der Waals surface area contributed by atoms with Gasteiger partial charge in [0.15, 0.2) is 5.16 Å². The van der Waals surface area contributed by atoms with Crippen LogP contribution in [-0.4, -0.2) is 33.8 Å². The molecule has 3 rings (SSSR count). The first-order valence-electron chi connectivity index (χ1n) is 8.51. The number of hydrogen-bond acceptors (Lipinski definition) is 5. The second-order valence-electron chi connectivity index (χ2n) is 5.66. The molecule has 8 heteroatoms. The summed E-state index contributed by atoms with van der Waals surface area (Å²) in [6.07, 6.45) is 0.167. The molecular weight excluding hydrogens is 364 g/mol. The third-order valence-electron chi connectivity index (χ3n) is 3.76. The van der Waals surface area contributed by atoms with Crippen LogP contribution in [0.15, 0.2) is 53.7 Å². The van der Waals surface area contributed by atoms with Crippen molar-refractivity contribution in [2.24, 2.45) is 5.73 Å². The lowest BCUT2D eigenvalue weighted by Gasteiger charge is -2.10. The molecule has 0 fully saturated rings. The zero-order chi connectivity index (χ0) is 19.2. The first kappa shape index (κ1) is 18.8. The molecule has 0 aliphatic rings. The first-order valence-corrected chi connectivity index (χ1v) is 9.50.